The first-order valence-electron chi connectivity index (χ1n) is 9.35. The lowest BCUT2D eigenvalue weighted by atomic mass is 10.1. The molecule has 1 aliphatic carbocycles. The zero-order chi connectivity index (χ0) is 17.9. The van der Waals surface area contributed by atoms with E-state index in [1.807, 2.05) is 30.3 Å². The second-order valence-electron chi connectivity index (χ2n) is 7.06. The van der Waals surface area contributed by atoms with Gasteiger partial charge in [-0.25, -0.2) is 0 Å². The van der Waals surface area contributed by atoms with Crippen LogP contribution >= 0.6 is 11.3 Å². The fraction of sp³-hybridized carbons (Fsp3) is 0.400. The maximum Gasteiger partial charge on any atom is 0.280 e. The lowest BCUT2D eigenvalue weighted by Gasteiger charge is -2.12. The molecule has 0 atom stereocenters. The Bertz CT molecular complexity index is 810. The minimum absolute atomic E-state index is 0.00980. The molecule has 0 bridgehead atoms. The van der Waals surface area contributed by atoms with Gasteiger partial charge in [0.05, 0.1) is 18.7 Å². The minimum Gasteiger partial charge on any atom is -0.327 e. The van der Waals surface area contributed by atoms with Gasteiger partial charge < -0.3 is 15.5 Å². The molecule has 2 heterocycles. The number of likely N-dealkylation sites (tertiary alicyclic amines) is 1. The van der Waals surface area contributed by atoms with Crippen LogP contribution in [0, 0.1) is 0 Å². The average molecular weight is 370 g/mol. The second-order valence-corrected chi connectivity index (χ2v) is 8.17. The van der Waals surface area contributed by atoms with Gasteiger partial charge in [0, 0.05) is 23.4 Å². The normalized spacial score (nSPS) is 16.5. The molecule has 3 N–H and O–H groups in total. The molecular formula is C20H24N3O2S+. The highest BCUT2D eigenvalue weighted by Gasteiger charge is 2.28. The first-order valence-corrected chi connectivity index (χ1v) is 10.2. The van der Waals surface area contributed by atoms with Crippen molar-refractivity contribution in [2.75, 3.05) is 30.3 Å². The van der Waals surface area contributed by atoms with E-state index in [0.717, 1.165) is 43.6 Å². The number of carbonyl (C=O) groups excluding carboxylic acids is 2. The van der Waals surface area contributed by atoms with Crippen molar-refractivity contribution in [2.24, 2.45) is 0 Å². The Morgan fingerprint density at radius 3 is 2.54 bits per heavy atom. The van der Waals surface area contributed by atoms with Crippen molar-refractivity contribution in [2.45, 2.75) is 32.1 Å². The molecule has 2 aliphatic rings. The average Bonchev–Trinajstić information content (AvgIpc) is 3.33. The highest BCUT2D eigenvalue weighted by molar-refractivity contribution is 7.17. The number of carbonyl (C=O) groups is 2. The SMILES string of the molecule is O=C(C[NH+]1CCCC1)Nc1sc2c(c1C(=O)Nc1ccccc1)CCC2. The Morgan fingerprint density at radius 2 is 1.77 bits per heavy atom. The van der Waals surface area contributed by atoms with Crippen molar-refractivity contribution in [1.29, 1.82) is 0 Å². The topological polar surface area (TPSA) is 62.6 Å². The molecule has 0 unspecified atom stereocenters. The molecule has 2 amide bonds. The molecule has 0 spiro atoms. The number of quaternary nitrogens is 1. The van der Waals surface area contributed by atoms with Crippen LogP contribution < -0.4 is 15.5 Å². The first kappa shape index (κ1) is 17.2. The largest absolute Gasteiger partial charge is 0.327 e. The third-order valence-corrected chi connectivity index (χ3v) is 6.36. The molecule has 2 aromatic rings. The van der Waals surface area contributed by atoms with Crippen LogP contribution in [-0.2, 0) is 17.6 Å². The molecule has 6 heteroatoms. The van der Waals surface area contributed by atoms with Crippen LogP contribution in [0.15, 0.2) is 30.3 Å². The van der Waals surface area contributed by atoms with E-state index in [1.54, 1.807) is 11.3 Å². The highest BCUT2D eigenvalue weighted by atomic mass is 32.1. The summed E-state index contributed by atoms with van der Waals surface area (Å²) < 4.78 is 0. The van der Waals surface area contributed by atoms with Crippen LogP contribution in [0.3, 0.4) is 0 Å². The fourth-order valence-corrected chi connectivity index (χ4v) is 5.20. The first-order chi connectivity index (χ1) is 12.7. The van der Waals surface area contributed by atoms with Gasteiger partial charge in [0.25, 0.3) is 11.8 Å². The van der Waals surface area contributed by atoms with Crippen LogP contribution in [-0.4, -0.2) is 31.4 Å². The molecule has 136 valence electrons. The zero-order valence-electron chi connectivity index (χ0n) is 14.8. The Morgan fingerprint density at radius 1 is 1.00 bits per heavy atom. The summed E-state index contributed by atoms with van der Waals surface area (Å²) in [5.74, 6) is -0.116. The van der Waals surface area contributed by atoms with Crippen molar-refractivity contribution in [3.05, 3.63) is 46.3 Å². The quantitative estimate of drug-likeness (QED) is 0.755. The lowest BCUT2D eigenvalue weighted by molar-refractivity contribution is -0.878. The van der Waals surface area contributed by atoms with Gasteiger partial charge in [-0.05, 0) is 37.0 Å². The maximum atomic E-state index is 12.9. The number of hydrogen-bond acceptors (Lipinski definition) is 3. The van der Waals surface area contributed by atoms with Gasteiger partial charge in [0.2, 0.25) is 0 Å². The van der Waals surface area contributed by atoms with E-state index in [4.69, 9.17) is 0 Å². The number of hydrogen-bond donors (Lipinski definition) is 3. The van der Waals surface area contributed by atoms with Gasteiger partial charge in [0.1, 0.15) is 5.00 Å². The Hall–Kier alpha value is -2.18. The number of rotatable bonds is 5. The summed E-state index contributed by atoms with van der Waals surface area (Å²) in [7, 11) is 0. The minimum atomic E-state index is -0.126. The summed E-state index contributed by atoms with van der Waals surface area (Å²) >= 11 is 1.57. The summed E-state index contributed by atoms with van der Waals surface area (Å²) in [4.78, 5) is 28.0. The monoisotopic (exact) mass is 370 g/mol. The van der Waals surface area contributed by atoms with Gasteiger partial charge in [-0.2, -0.15) is 0 Å². The number of anilines is 2. The molecule has 1 aromatic carbocycles. The maximum absolute atomic E-state index is 12.9. The Kier molecular flexibility index (Phi) is 5.04. The molecule has 1 saturated heterocycles. The van der Waals surface area contributed by atoms with Crippen LogP contribution in [0.5, 0.6) is 0 Å². The standard InChI is InChI=1S/C20H23N3O2S/c24-17(13-23-11-4-5-12-23)22-20-18(15-9-6-10-16(15)26-20)19(25)21-14-7-2-1-3-8-14/h1-3,7-8H,4-6,9-13H2,(H,21,25)(H,22,24)/p+1. The van der Waals surface area contributed by atoms with Crippen LogP contribution in [0.2, 0.25) is 0 Å². The molecule has 0 radical (unpaired) electrons. The highest BCUT2D eigenvalue weighted by Crippen LogP contribution is 2.39. The molecule has 1 fully saturated rings. The van der Waals surface area contributed by atoms with Gasteiger partial charge in [-0.1, -0.05) is 18.2 Å². The van der Waals surface area contributed by atoms with Gasteiger partial charge in [-0.15, -0.1) is 11.3 Å². The van der Waals surface area contributed by atoms with E-state index in [-0.39, 0.29) is 11.8 Å². The molecule has 0 saturated carbocycles. The lowest BCUT2D eigenvalue weighted by Crippen LogP contribution is -3.11. The fourth-order valence-electron chi connectivity index (χ4n) is 3.90. The van der Waals surface area contributed by atoms with Crippen molar-refractivity contribution in [3.63, 3.8) is 0 Å². The number of nitrogens with one attached hydrogen (secondary N) is 3. The molecule has 5 nitrogen and oxygen atoms in total. The number of benzene rings is 1. The van der Waals surface area contributed by atoms with Gasteiger partial charge >= 0.3 is 0 Å². The molecule has 4 rings (SSSR count). The third kappa shape index (κ3) is 3.66. The summed E-state index contributed by atoms with van der Waals surface area (Å²) in [6, 6.07) is 9.47. The predicted molar refractivity (Wildman–Crippen MR) is 104 cm³/mol. The van der Waals surface area contributed by atoms with E-state index in [9.17, 15) is 9.59 Å². The van der Waals surface area contributed by atoms with E-state index >= 15 is 0 Å². The number of amides is 2. The van der Waals surface area contributed by atoms with Crippen LogP contribution in [0.25, 0.3) is 0 Å². The summed E-state index contributed by atoms with van der Waals surface area (Å²) in [5, 5.41) is 6.72. The van der Waals surface area contributed by atoms with Crippen molar-refractivity contribution < 1.29 is 14.5 Å². The van der Waals surface area contributed by atoms with Gasteiger partial charge in [-0.3, -0.25) is 9.59 Å². The Balaban J connectivity index is 1.53. The number of para-hydroxylation sites is 1. The molecular weight excluding hydrogens is 346 g/mol. The molecule has 26 heavy (non-hydrogen) atoms. The predicted octanol–water partition coefficient (Wildman–Crippen LogP) is 2.11. The summed E-state index contributed by atoms with van der Waals surface area (Å²) in [6.07, 6.45) is 5.38. The van der Waals surface area contributed by atoms with E-state index < -0.39 is 0 Å². The third-order valence-electron chi connectivity index (χ3n) is 5.15. The van der Waals surface area contributed by atoms with E-state index in [2.05, 4.69) is 10.6 Å². The smallest absolute Gasteiger partial charge is 0.280 e. The number of aryl methyl sites for hydroxylation is 1. The van der Waals surface area contributed by atoms with E-state index in [0.29, 0.717) is 17.1 Å². The second kappa shape index (κ2) is 7.60. The van der Waals surface area contributed by atoms with Crippen molar-refractivity contribution >= 4 is 33.8 Å². The molecule has 1 aliphatic heterocycles. The zero-order valence-corrected chi connectivity index (χ0v) is 15.6. The van der Waals surface area contributed by atoms with Crippen LogP contribution in [0.1, 0.15) is 40.1 Å². The Labute approximate surface area is 157 Å². The number of thiophene rings is 1. The summed E-state index contributed by atoms with van der Waals surface area (Å²) in [5.41, 5.74) is 2.55. The van der Waals surface area contributed by atoms with Crippen LogP contribution in [0.4, 0.5) is 10.7 Å². The van der Waals surface area contributed by atoms with Crippen molar-refractivity contribution in [1.82, 2.24) is 0 Å². The van der Waals surface area contributed by atoms with E-state index in [1.165, 1.54) is 22.6 Å². The van der Waals surface area contributed by atoms with Gasteiger partial charge in [0.15, 0.2) is 6.54 Å². The van der Waals surface area contributed by atoms with Crippen molar-refractivity contribution in [3.8, 4) is 0 Å². The number of fused-ring (bicyclic) bond motifs is 1. The summed E-state index contributed by atoms with van der Waals surface area (Å²) in [6.45, 7) is 2.62. The molecule has 1 aromatic heterocycles.